The number of fused-ring (bicyclic) bond motifs is 1. The van der Waals surface area contributed by atoms with Crippen LogP contribution in [0.4, 0.5) is 0 Å². The van der Waals surface area contributed by atoms with Gasteiger partial charge in [0, 0.05) is 12.6 Å². The fourth-order valence-corrected chi connectivity index (χ4v) is 3.58. The molecule has 0 radical (unpaired) electrons. The van der Waals surface area contributed by atoms with E-state index >= 15 is 0 Å². The van der Waals surface area contributed by atoms with Crippen LogP contribution in [0.15, 0.2) is 23.1 Å². The van der Waals surface area contributed by atoms with Crippen molar-refractivity contribution in [3.8, 4) is 0 Å². The van der Waals surface area contributed by atoms with Crippen LogP contribution in [0.3, 0.4) is 0 Å². The van der Waals surface area contributed by atoms with E-state index in [1.165, 1.54) is 6.07 Å². The van der Waals surface area contributed by atoms with Crippen molar-refractivity contribution in [2.75, 3.05) is 13.1 Å². The molecule has 7 nitrogen and oxygen atoms in total. The molecule has 1 atom stereocenters. The molecule has 0 saturated heterocycles. The van der Waals surface area contributed by atoms with Crippen molar-refractivity contribution in [2.24, 2.45) is 11.7 Å². The van der Waals surface area contributed by atoms with Gasteiger partial charge in [-0.1, -0.05) is 6.07 Å². The van der Waals surface area contributed by atoms with Gasteiger partial charge >= 0.3 is 0 Å². The van der Waals surface area contributed by atoms with E-state index in [0.717, 1.165) is 24.0 Å². The summed E-state index contributed by atoms with van der Waals surface area (Å²) < 4.78 is 32.1. The normalized spacial score (nSPS) is 18.5. The van der Waals surface area contributed by atoms with Gasteiger partial charge in [-0.25, -0.2) is 13.1 Å². The fraction of sp³-hybridized carbons (Fsp3) is 0.533. The van der Waals surface area contributed by atoms with Gasteiger partial charge in [0.05, 0.1) is 24.7 Å². The van der Waals surface area contributed by atoms with Gasteiger partial charge < -0.3 is 15.8 Å². The third-order valence-corrected chi connectivity index (χ3v) is 5.59. The number of hydrogen-bond donors (Lipinski definition) is 3. The van der Waals surface area contributed by atoms with Gasteiger partial charge in [-0.05, 0) is 42.0 Å². The minimum absolute atomic E-state index is 0.0488. The summed E-state index contributed by atoms with van der Waals surface area (Å²) in [4.78, 5) is 11.9. The molecule has 1 aromatic rings. The second-order valence-corrected chi connectivity index (χ2v) is 7.82. The number of sulfonamides is 1. The van der Waals surface area contributed by atoms with Gasteiger partial charge in [0.25, 0.3) is 0 Å². The summed E-state index contributed by atoms with van der Waals surface area (Å²) in [6, 6.07) is 4.81. The number of hydrogen-bond acceptors (Lipinski definition) is 5. The molecular weight excluding hydrogens is 318 g/mol. The number of benzene rings is 1. The Bertz CT molecular complexity index is 701. The third kappa shape index (κ3) is 4.08. The van der Waals surface area contributed by atoms with Crippen molar-refractivity contribution >= 4 is 15.9 Å². The van der Waals surface area contributed by atoms with E-state index in [0.29, 0.717) is 25.7 Å². The molecule has 23 heavy (non-hydrogen) atoms. The van der Waals surface area contributed by atoms with E-state index in [9.17, 15) is 13.2 Å². The van der Waals surface area contributed by atoms with Crippen LogP contribution in [0.2, 0.25) is 0 Å². The highest BCUT2D eigenvalue weighted by atomic mass is 32.2. The second kappa shape index (κ2) is 6.56. The highest BCUT2D eigenvalue weighted by Gasteiger charge is 2.28. The average molecular weight is 339 g/mol. The molecule has 1 aliphatic carbocycles. The second-order valence-electron chi connectivity index (χ2n) is 6.05. The quantitative estimate of drug-likeness (QED) is 0.640. The molecule has 1 aliphatic heterocycles. The van der Waals surface area contributed by atoms with Crippen molar-refractivity contribution in [3.05, 3.63) is 29.3 Å². The highest BCUT2D eigenvalue weighted by molar-refractivity contribution is 7.89. The smallest absolute Gasteiger partial charge is 0.241 e. The van der Waals surface area contributed by atoms with Gasteiger partial charge in [0.2, 0.25) is 15.9 Å². The number of carbonyl (C=O) groups excluding carboxylic acids is 1. The summed E-state index contributed by atoms with van der Waals surface area (Å²) in [5, 5.41) is 2.66. The first-order chi connectivity index (χ1) is 11.0. The van der Waals surface area contributed by atoms with Gasteiger partial charge in [0.1, 0.15) is 0 Å². The SMILES string of the molecule is NC(CNC(=O)CNS(=O)(=O)c1ccc2c(c1)COC2)C1CC1. The molecule has 1 unspecified atom stereocenters. The third-order valence-electron chi connectivity index (χ3n) is 4.19. The van der Waals surface area contributed by atoms with Crippen LogP contribution >= 0.6 is 0 Å². The van der Waals surface area contributed by atoms with Crippen molar-refractivity contribution in [1.29, 1.82) is 0 Å². The van der Waals surface area contributed by atoms with E-state index in [-0.39, 0.29) is 23.4 Å². The molecule has 0 spiro atoms. The molecule has 1 fully saturated rings. The molecule has 2 aliphatic rings. The van der Waals surface area contributed by atoms with Crippen LogP contribution in [0.1, 0.15) is 24.0 Å². The molecule has 3 rings (SSSR count). The molecular formula is C15H21N3O4S. The lowest BCUT2D eigenvalue weighted by Gasteiger charge is -2.12. The molecule has 8 heteroatoms. The lowest BCUT2D eigenvalue weighted by molar-refractivity contribution is -0.120. The summed E-state index contributed by atoms with van der Waals surface area (Å²) in [6.07, 6.45) is 2.21. The standard InChI is InChI=1S/C15H21N3O4S/c16-14(10-1-2-10)6-17-15(19)7-18-23(20,21)13-4-3-11-8-22-9-12(11)5-13/h3-5,10,14,18H,1-2,6-9,16H2,(H,17,19). The van der Waals surface area contributed by atoms with Gasteiger partial charge in [-0.2, -0.15) is 0 Å². The summed E-state index contributed by atoms with van der Waals surface area (Å²) in [5.74, 6) is 0.106. The van der Waals surface area contributed by atoms with Crippen molar-refractivity contribution < 1.29 is 17.9 Å². The number of nitrogens with two attached hydrogens (primary N) is 1. The van der Waals surface area contributed by atoms with Crippen LogP contribution in [-0.4, -0.2) is 33.5 Å². The molecule has 0 aromatic heterocycles. The molecule has 1 heterocycles. The molecule has 1 amide bonds. The maximum Gasteiger partial charge on any atom is 0.241 e. The van der Waals surface area contributed by atoms with Gasteiger partial charge in [-0.3, -0.25) is 4.79 Å². The number of carbonyl (C=O) groups is 1. The number of amides is 1. The molecule has 4 N–H and O–H groups in total. The average Bonchev–Trinajstić information content (AvgIpc) is 3.28. The molecule has 126 valence electrons. The Kier molecular flexibility index (Phi) is 4.67. The summed E-state index contributed by atoms with van der Waals surface area (Å²) in [6.45, 7) is 1.000. The van der Waals surface area contributed by atoms with Crippen LogP contribution in [0.25, 0.3) is 0 Å². The predicted octanol–water partition coefficient (Wildman–Crippen LogP) is -0.151. The van der Waals surface area contributed by atoms with Crippen LogP contribution in [0.5, 0.6) is 0 Å². The summed E-state index contributed by atoms with van der Waals surface area (Å²) in [7, 11) is -3.72. The van der Waals surface area contributed by atoms with Crippen LogP contribution in [0, 0.1) is 5.92 Å². The first-order valence-corrected chi connectivity index (χ1v) is 9.15. The minimum atomic E-state index is -3.72. The molecule has 0 bridgehead atoms. The van der Waals surface area contributed by atoms with Gasteiger partial charge in [0.15, 0.2) is 0 Å². The lowest BCUT2D eigenvalue weighted by atomic mass is 10.1. The Morgan fingerprint density at radius 3 is 2.78 bits per heavy atom. The minimum Gasteiger partial charge on any atom is -0.372 e. The van der Waals surface area contributed by atoms with Crippen LogP contribution < -0.4 is 15.8 Å². The lowest BCUT2D eigenvalue weighted by Crippen LogP contribution is -2.43. The number of rotatable bonds is 7. The maximum atomic E-state index is 12.2. The first kappa shape index (κ1) is 16.4. The van der Waals surface area contributed by atoms with E-state index in [2.05, 4.69) is 10.0 Å². The zero-order chi connectivity index (χ0) is 16.4. The van der Waals surface area contributed by atoms with Crippen molar-refractivity contribution in [2.45, 2.75) is 37.0 Å². The van der Waals surface area contributed by atoms with Crippen LogP contribution in [-0.2, 0) is 32.8 Å². The Morgan fingerprint density at radius 1 is 1.30 bits per heavy atom. The highest BCUT2D eigenvalue weighted by Crippen LogP contribution is 2.31. The first-order valence-electron chi connectivity index (χ1n) is 7.67. The fourth-order valence-electron chi connectivity index (χ4n) is 2.54. The monoisotopic (exact) mass is 339 g/mol. The van der Waals surface area contributed by atoms with E-state index < -0.39 is 10.0 Å². The number of nitrogens with one attached hydrogen (secondary N) is 2. The van der Waals surface area contributed by atoms with E-state index in [1.807, 2.05) is 0 Å². The summed E-state index contributed by atoms with van der Waals surface area (Å²) >= 11 is 0. The van der Waals surface area contributed by atoms with Crippen molar-refractivity contribution in [1.82, 2.24) is 10.0 Å². The zero-order valence-electron chi connectivity index (χ0n) is 12.7. The number of ether oxygens (including phenoxy) is 1. The zero-order valence-corrected chi connectivity index (χ0v) is 13.6. The Balaban J connectivity index is 1.52. The molecule has 1 saturated carbocycles. The van der Waals surface area contributed by atoms with Crippen molar-refractivity contribution in [3.63, 3.8) is 0 Å². The largest absolute Gasteiger partial charge is 0.372 e. The van der Waals surface area contributed by atoms with Gasteiger partial charge in [-0.15, -0.1) is 0 Å². The molecule has 1 aromatic carbocycles. The topological polar surface area (TPSA) is 111 Å². The Hall–Kier alpha value is -1.48. The Labute approximate surface area is 135 Å². The Morgan fingerprint density at radius 2 is 2.04 bits per heavy atom. The van der Waals surface area contributed by atoms with E-state index in [4.69, 9.17) is 10.5 Å². The maximum absolute atomic E-state index is 12.2. The van der Waals surface area contributed by atoms with E-state index in [1.54, 1.807) is 12.1 Å². The summed E-state index contributed by atoms with van der Waals surface area (Å²) in [5.41, 5.74) is 7.75. The predicted molar refractivity (Wildman–Crippen MR) is 83.8 cm³/mol.